The molecule has 2 aromatic heterocycles. The van der Waals surface area contributed by atoms with E-state index in [0.29, 0.717) is 16.0 Å². The van der Waals surface area contributed by atoms with Gasteiger partial charge in [-0.2, -0.15) is 0 Å². The molecule has 0 saturated carbocycles. The number of halogens is 3. The first-order valence-electron chi connectivity index (χ1n) is 6.48. The summed E-state index contributed by atoms with van der Waals surface area (Å²) < 4.78 is 16.4. The van der Waals surface area contributed by atoms with E-state index in [1.165, 1.54) is 6.07 Å². The van der Waals surface area contributed by atoms with Crippen LogP contribution in [0, 0.1) is 9.39 Å². The first kappa shape index (κ1) is 14.7. The Morgan fingerprint density at radius 2 is 2.19 bits per heavy atom. The maximum atomic E-state index is 13.8. The smallest absolute Gasteiger partial charge is 0.138 e. The van der Waals surface area contributed by atoms with Gasteiger partial charge in [-0.15, -0.1) is 11.6 Å². The number of hydrogen-bond acceptors (Lipinski definition) is 2. The van der Waals surface area contributed by atoms with Gasteiger partial charge < -0.3 is 4.57 Å². The largest absolute Gasteiger partial charge is 0.327 e. The fourth-order valence-electron chi connectivity index (χ4n) is 2.31. The lowest BCUT2D eigenvalue weighted by Gasteiger charge is -2.08. The molecule has 6 heteroatoms. The van der Waals surface area contributed by atoms with Crippen molar-refractivity contribution in [2.45, 2.75) is 18.8 Å². The van der Waals surface area contributed by atoms with Crippen LogP contribution in [0.4, 0.5) is 4.39 Å². The first-order valence-corrected chi connectivity index (χ1v) is 8.09. The number of alkyl halides is 1. The SMILES string of the molecule is Fc1cc2c(cc1I)nc(CCl)n2CCc1cccnc1. The van der Waals surface area contributed by atoms with Crippen LogP contribution in [0.25, 0.3) is 11.0 Å². The van der Waals surface area contributed by atoms with Gasteiger partial charge in [0.05, 0.1) is 20.5 Å². The highest BCUT2D eigenvalue weighted by Crippen LogP contribution is 2.23. The fraction of sp³-hybridized carbons (Fsp3) is 0.200. The lowest BCUT2D eigenvalue weighted by Crippen LogP contribution is -2.05. The van der Waals surface area contributed by atoms with Crippen molar-refractivity contribution in [1.29, 1.82) is 0 Å². The van der Waals surface area contributed by atoms with E-state index in [0.717, 1.165) is 28.8 Å². The predicted molar refractivity (Wildman–Crippen MR) is 89.9 cm³/mol. The van der Waals surface area contributed by atoms with Crippen LogP contribution < -0.4 is 0 Å². The number of rotatable bonds is 4. The zero-order valence-corrected chi connectivity index (χ0v) is 14.0. The van der Waals surface area contributed by atoms with E-state index in [-0.39, 0.29) is 5.82 Å². The van der Waals surface area contributed by atoms with Gasteiger partial charge in [-0.3, -0.25) is 4.98 Å². The van der Waals surface area contributed by atoms with Crippen LogP contribution in [0.1, 0.15) is 11.4 Å². The zero-order valence-electron chi connectivity index (χ0n) is 11.1. The molecule has 1 aromatic carbocycles. The molecule has 0 aliphatic heterocycles. The summed E-state index contributed by atoms with van der Waals surface area (Å²) in [5, 5.41) is 0. The highest BCUT2D eigenvalue weighted by molar-refractivity contribution is 14.1. The van der Waals surface area contributed by atoms with E-state index in [2.05, 4.69) is 9.97 Å². The molecule has 108 valence electrons. The van der Waals surface area contributed by atoms with Crippen LogP contribution in [0.5, 0.6) is 0 Å². The molecule has 0 atom stereocenters. The van der Waals surface area contributed by atoms with Crippen molar-refractivity contribution in [3.63, 3.8) is 0 Å². The summed E-state index contributed by atoms with van der Waals surface area (Å²) in [4.78, 5) is 8.59. The normalized spacial score (nSPS) is 11.2. The molecule has 2 heterocycles. The number of nitrogens with zero attached hydrogens (tertiary/aromatic N) is 3. The summed E-state index contributed by atoms with van der Waals surface area (Å²) in [5.41, 5.74) is 2.70. The van der Waals surface area contributed by atoms with Gasteiger partial charge in [0.15, 0.2) is 0 Å². The van der Waals surface area contributed by atoms with Crippen molar-refractivity contribution < 1.29 is 4.39 Å². The number of aryl methyl sites for hydroxylation is 2. The highest BCUT2D eigenvalue weighted by atomic mass is 127. The molecular weight excluding hydrogens is 404 g/mol. The number of hydrogen-bond donors (Lipinski definition) is 0. The summed E-state index contributed by atoms with van der Waals surface area (Å²) in [6.07, 6.45) is 4.39. The third kappa shape index (κ3) is 3.03. The Morgan fingerprint density at radius 3 is 2.90 bits per heavy atom. The van der Waals surface area contributed by atoms with Gasteiger partial charge in [-0.1, -0.05) is 6.07 Å². The highest BCUT2D eigenvalue weighted by Gasteiger charge is 2.13. The number of pyridine rings is 1. The molecule has 0 aliphatic rings. The average Bonchev–Trinajstić information content (AvgIpc) is 2.83. The first-order chi connectivity index (χ1) is 10.2. The van der Waals surface area contributed by atoms with E-state index in [4.69, 9.17) is 11.6 Å². The van der Waals surface area contributed by atoms with E-state index < -0.39 is 0 Å². The van der Waals surface area contributed by atoms with Crippen LogP contribution in [-0.4, -0.2) is 14.5 Å². The van der Waals surface area contributed by atoms with Crippen LogP contribution in [0.2, 0.25) is 0 Å². The molecule has 0 radical (unpaired) electrons. The third-order valence-corrected chi connectivity index (χ3v) is 4.40. The molecule has 0 unspecified atom stereocenters. The number of aromatic nitrogens is 3. The monoisotopic (exact) mass is 415 g/mol. The van der Waals surface area contributed by atoms with E-state index >= 15 is 0 Å². The van der Waals surface area contributed by atoms with Gasteiger partial charge >= 0.3 is 0 Å². The lowest BCUT2D eigenvalue weighted by molar-refractivity contribution is 0.619. The van der Waals surface area contributed by atoms with Gasteiger partial charge in [0.2, 0.25) is 0 Å². The Morgan fingerprint density at radius 1 is 1.33 bits per heavy atom. The molecule has 0 saturated heterocycles. The molecule has 3 aromatic rings. The van der Waals surface area contributed by atoms with Crippen LogP contribution >= 0.6 is 34.2 Å². The molecule has 3 nitrogen and oxygen atoms in total. The van der Waals surface area contributed by atoms with Crippen molar-refractivity contribution in [1.82, 2.24) is 14.5 Å². The minimum atomic E-state index is -0.230. The van der Waals surface area contributed by atoms with Crippen molar-refractivity contribution >= 4 is 45.2 Å². The average molecular weight is 416 g/mol. The fourth-order valence-corrected chi connectivity index (χ4v) is 2.96. The standard InChI is InChI=1S/C15H12ClFIN3/c16-8-15-20-13-7-12(18)11(17)6-14(13)21(15)5-3-10-2-1-4-19-9-10/h1-2,4,6-7,9H,3,5,8H2. The van der Waals surface area contributed by atoms with Crippen LogP contribution in [0.15, 0.2) is 36.7 Å². The predicted octanol–water partition coefficient (Wildman–Crippen LogP) is 4.16. The minimum absolute atomic E-state index is 0.230. The topological polar surface area (TPSA) is 30.7 Å². The minimum Gasteiger partial charge on any atom is -0.327 e. The number of benzene rings is 1. The van der Waals surface area contributed by atoms with Gasteiger partial charge in [-0.05, 0) is 46.7 Å². The second kappa shape index (κ2) is 6.27. The molecular formula is C15H12ClFIN3. The molecule has 0 aliphatic carbocycles. The molecule has 3 rings (SSSR count). The van der Waals surface area contributed by atoms with E-state index in [1.807, 2.05) is 45.5 Å². The second-order valence-electron chi connectivity index (χ2n) is 4.68. The second-order valence-corrected chi connectivity index (χ2v) is 6.11. The maximum Gasteiger partial charge on any atom is 0.138 e. The molecule has 21 heavy (non-hydrogen) atoms. The summed E-state index contributed by atoms with van der Waals surface area (Å²) in [5.74, 6) is 0.837. The molecule has 0 bridgehead atoms. The quantitative estimate of drug-likeness (QED) is 0.473. The molecule has 0 fully saturated rings. The Hall–Kier alpha value is -1.21. The summed E-state index contributed by atoms with van der Waals surface area (Å²) >= 11 is 7.94. The number of imidazole rings is 1. The summed E-state index contributed by atoms with van der Waals surface area (Å²) in [6.45, 7) is 0.699. The summed E-state index contributed by atoms with van der Waals surface area (Å²) in [7, 11) is 0. The van der Waals surface area contributed by atoms with Gasteiger partial charge in [0.25, 0.3) is 0 Å². The van der Waals surface area contributed by atoms with E-state index in [1.54, 1.807) is 12.3 Å². The van der Waals surface area contributed by atoms with Crippen molar-refractivity contribution in [2.75, 3.05) is 0 Å². The van der Waals surface area contributed by atoms with Gasteiger partial charge in [0, 0.05) is 25.0 Å². The Kier molecular flexibility index (Phi) is 4.40. The Labute approximate surface area is 140 Å². The number of fused-ring (bicyclic) bond motifs is 1. The lowest BCUT2D eigenvalue weighted by atomic mass is 10.2. The zero-order chi connectivity index (χ0) is 14.8. The van der Waals surface area contributed by atoms with Crippen molar-refractivity contribution in [3.8, 4) is 0 Å². The third-order valence-electron chi connectivity index (χ3n) is 3.34. The van der Waals surface area contributed by atoms with Crippen molar-refractivity contribution in [3.05, 3.63) is 57.4 Å². The molecule has 0 spiro atoms. The summed E-state index contributed by atoms with van der Waals surface area (Å²) in [6, 6.07) is 7.22. The van der Waals surface area contributed by atoms with Crippen LogP contribution in [-0.2, 0) is 18.8 Å². The Balaban J connectivity index is 1.98. The van der Waals surface area contributed by atoms with Gasteiger partial charge in [-0.25, -0.2) is 9.37 Å². The maximum absolute atomic E-state index is 13.8. The molecule has 0 amide bonds. The van der Waals surface area contributed by atoms with Crippen molar-refractivity contribution in [2.24, 2.45) is 0 Å². The van der Waals surface area contributed by atoms with Crippen LogP contribution in [0.3, 0.4) is 0 Å². The Bertz CT molecular complexity index is 773. The van der Waals surface area contributed by atoms with E-state index in [9.17, 15) is 4.39 Å². The van der Waals surface area contributed by atoms with Gasteiger partial charge in [0.1, 0.15) is 11.6 Å². The molecule has 0 N–H and O–H groups in total.